The van der Waals surface area contributed by atoms with Gasteiger partial charge in [-0.3, -0.25) is 9.52 Å². The second kappa shape index (κ2) is 10.1. The Morgan fingerprint density at radius 3 is 2.60 bits per heavy atom. The van der Waals surface area contributed by atoms with E-state index < -0.39 is 10.0 Å². The number of likely N-dealkylation sites (N-methyl/N-ethyl adjacent to an activating group) is 1. The topological polar surface area (TPSA) is 70.9 Å². The van der Waals surface area contributed by atoms with E-state index in [0.29, 0.717) is 24.3 Å². The minimum atomic E-state index is -3.77. The first-order valence-electron chi connectivity index (χ1n) is 10.7. The van der Waals surface area contributed by atoms with Gasteiger partial charge in [0.15, 0.2) is 0 Å². The second-order valence-electron chi connectivity index (χ2n) is 8.04. The predicted molar refractivity (Wildman–Crippen MR) is 119 cm³/mol. The number of rotatable bonds is 7. The van der Waals surface area contributed by atoms with Gasteiger partial charge < -0.3 is 9.80 Å². The maximum absolute atomic E-state index is 12.9. The summed E-state index contributed by atoms with van der Waals surface area (Å²) in [5.74, 6) is -0.109. The van der Waals surface area contributed by atoms with Crippen molar-refractivity contribution in [3.63, 3.8) is 0 Å². The number of unbranched alkanes of at least 4 members (excludes halogenated alkanes) is 1. The number of hydrogen-bond acceptors (Lipinski definition) is 3. The van der Waals surface area contributed by atoms with E-state index in [9.17, 15) is 13.2 Å². The van der Waals surface area contributed by atoms with E-state index in [0.717, 1.165) is 38.8 Å². The Morgan fingerprint density at radius 2 is 1.87 bits per heavy atom. The average molecular weight is 431 g/mol. The van der Waals surface area contributed by atoms with Crippen LogP contribution in [0.25, 0.3) is 0 Å². The molecule has 1 heterocycles. The maximum atomic E-state index is 12.9. The smallest absolute Gasteiger partial charge is 0.261 e. The van der Waals surface area contributed by atoms with Crippen molar-refractivity contribution in [2.75, 3.05) is 37.9 Å². The molecule has 7 heteroatoms. The summed E-state index contributed by atoms with van der Waals surface area (Å²) in [4.78, 5) is 16.3. The molecule has 0 radical (unpaired) electrons. The van der Waals surface area contributed by atoms with Gasteiger partial charge in [-0.2, -0.15) is 0 Å². The number of sulfonamides is 1. The molecule has 2 aromatic carbocycles. The molecule has 1 aliphatic rings. The third-order valence-corrected chi connectivity index (χ3v) is 6.92. The molecule has 1 aliphatic heterocycles. The normalized spacial score (nSPS) is 17.4. The van der Waals surface area contributed by atoms with Gasteiger partial charge in [0.25, 0.3) is 15.9 Å². The fourth-order valence-electron chi connectivity index (χ4n) is 3.65. The van der Waals surface area contributed by atoms with Crippen LogP contribution in [0.4, 0.5) is 5.69 Å². The molecule has 3 rings (SSSR count). The number of anilines is 1. The SMILES string of the molecule is CCCCc1ccc(NS(=O)(=O)c2cccc(C(=O)N3CCC[NH+](C)CC3)c2)cc1. The van der Waals surface area contributed by atoms with Gasteiger partial charge >= 0.3 is 0 Å². The van der Waals surface area contributed by atoms with Crippen molar-refractivity contribution in [1.29, 1.82) is 0 Å². The fourth-order valence-corrected chi connectivity index (χ4v) is 4.75. The zero-order chi connectivity index (χ0) is 21.6. The summed E-state index contributed by atoms with van der Waals surface area (Å²) < 4.78 is 28.4. The van der Waals surface area contributed by atoms with E-state index >= 15 is 0 Å². The van der Waals surface area contributed by atoms with Gasteiger partial charge in [0.1, 0.15) is 0 Å². The lowest BCUT2D eigenvalue weighted by molar-refractivity contribution is -0.877. The Balaban J connectivity index is 1.73. The Morgan fingerprint density at radius 1 is 1.10 bits per heavy atom. The van der Waals surface area contributed by atoms with Crippen molar-refractivity contribution in [2.45, 2.75) is 37.5 Å². The molecule has 6 nitrogen and oxygen atoms in total. The highest BCUT2D eigenvalue weighted by molar-refractivity contribution is 7.92. The van der Waals surface area contributed by atoms with Crippen molar-refractivity contribution in [3.8, 4) is 0 Å². The van der Waals surface area contributed by atoms with Crippen LogP contribution in [0, 0.1) is 0 Å². The highest BCUT2D eigenvalue weighted by Gasteiger charge is 2.22. The Labute approximate surface area is 179 Å². The van der Waals surface area contributed by atoms with Crippen molar-refractivity contribution in [3.05, 3.63) is 59.7 Å². The summed E-state index contributed by atoms with van der Waals surface area (Å²) in [5, 5.41) is 0. The molecule has 1 unspecified atom stereocenters. The molecule has 0 aliphatic carbocycles. The lowest BCUT2D eigenvalue weighted by atomic mass is 10.1. The Hall–Kier alpha value is -2.38. The molecule has 0 aromatic heterocycles. The van der Waals surface area contributed by atoms with Crippen LogP contribution in [0.3, 0.4) is 0 Å². The molecule has 0 bridgehead atoms. The van der Waals surface area contributed by atoms with Gasteiger partial charge in [0.05, 0.1) is 31.6 Å². The fraction of sp³-hybridized carbons (Fsp3) is 0.435. The monoisotopic (exact) mass is 430 g/mol. The lowest BCUT2D eigenvalue weighted by Gasteiger charge is -2.19. The van der Waals surface area contributed by atoms with Gasteiger partial charge in [-0.25, -0.2) is 8.42 Å². The standard InChI is InChI=1S/C23H31N3O3S/c1-3-4-7-19-10-12-21(13-11-19)24-30(28,29)22-9-5-8-20(18-22)23(27)26-15-6-14-25(2)16-17-26/h5,8-13,18,24H,3-4,6-7,14-17H2,1-2H3/p+1. The van der Waals surface area contributed by atoms with E-state index in [4.69, 9.17) is 0 Å². The minimum absolute atomic E-state index is 0.0981. The molecule has 0 spiro atoms. The van der Waals surface area contributed by atoms with Crippen LogP contribution in [0.5, 0.6) is 0 Å². The average Bonchev–Trinajstić information content (AvgIpc) is 2.97. The molecular formula is C23H32N3O3S+. The number of carbonyl (C=O) groups excluding carboxylic acids is 1. The van der Waals surface area contributed by atoms with Crippen LogP contribution in [-0.2, 0) is 16.4 Å². The number of quaternary nitrogens is 1. The molecule has 30 heavy (non-hydrogen) atoms. The maximum Gasteiger partial charge on any atom is 0.261 e. The second-order valence-corrected chi connectivity index (χ2v) is 9.72. The van der Waals surface area contributed by atoms with Crippen molar-refractivity contribution in [2.24, 2.45) is 0 Å². The predicted octanol–water partition coefficient (Wildman–Crippen LogP) is 2.19. The van der Waals surface area contributed by atoms with Gasteiger partial charge in [0, 0.05) is 24.2 Å². The number of amides is 1. The van der Waals surface area contributed by atoms with E-state index in [1.54, 1.807) is 24.3 Å². The first-order valence-corrected chi connectivity index (χ1v) is 12.2. The molecule has 1 amide bonds. The Bertz CT molecular complexity index is 958. The molecule has 1 saturated heterocycles. The number of hydrogen-bond donors (Lipinski definition) is 2. The number of nitrogens with one attached hydrogen (secondary N) is 2. The first kappa shape index (κ1) is 22.3. The third-order valence-electron chi connectivity index (χ3n) is 5.54. The summed E-state index contributed by atoms with van der Waals surface area (Å²) >= 11 is 0. The highest BCUT2D eigenvalue weighted by atomic mass is 32.2. The molecule has 162 valence electrons. The number of benzene rings is 2. The molecular weight excluding hydrogens is 398 g/mol. The van der Waals surface area contributed by atoms with Gasteiger partial charge in [0.2, 0.25) is 0 Å². The number of carbonyl (C=O) groups is 1. The van der Waals surface area contributed by atoms with Crippen LogP contribution in [-0.4, -0.2) is 52.5 Å². The van der Waals surface area contributed by atoms with Crippen LogP contribution in [0.2, 0.25) is 0 Å². The van der Waals surface area contributed by atoms with Crippen molar-refractivity contribution >= 4 is 21.6 Å². The molecule has 1 fully saturated rings. The number of aryl methyl sites for hydroxylation is 1. The largest absolute Gasteiger partial charge is 0.336 e. The van der Waals surface area contributed by atoms with Gasteiger partial charge in [-0.15, -0.1) is 0 Å². The highest BCUT2D eigenvalue weighted by Crippen LogP contribution is 2.19. The van der Waals surface area contributed by atoms with Crippen molar-refractivity contribution < 1.29 is 18.1 Å². The summed E-state index contributed by atoms with van der Waals surface area (Å²) in [6, 6.07) is 13.8. The van der Waals surface area contributed by atoms with Crippen LogP contribution in [0.15, 0.2) is 53.4 Å². The molecule has 2 aromatic rings. The summed E-state index contributed by atoms with van der Waals surface area (Å²) in [7, 11) is -1.64. The van der Waals surface area contributed by atoms with E-state index in [2.05, 4.69) is 18.7 Å². The molecule has 0 saturated carbocycles. The van der Waals surface area contributed by atoms with Gasteiger partial charge in [-0.1, -0.05) is 31.5 Å². The summed E-state index contributed by atoms with van der Waals surface area (Å²) in [5.41, 5.74) is 2.12. The third kappa shape index (κ3) is 5.83. The zero-order valence-electron chi connectivity index (χ0n) is 17.9. The van der Waals surface area contributed by atoms with E-state index in [1.807, 2.05) is 17.0 Å². The van der Waals surface area contributed by atoms with E-state index in [-0.39, 0.29) is 10.8 Å². The molecule has 2 N–H and O–H groups in total. The van der Waals surface area contributed by atoms with Crippen molar-refractivity contribution in [1.82, 2.24) is 4.90 Å². The lowest BCUT2D eigenvalue weighted by Crippen LogP contribution is -3.09. The van der Waals surface area contributed by atoms with Gasteiger partial charge in [-0.05, 0) is 48.7 Å². The summed E-state index contributed by atoms with van der Waals surface area (Å²) in [6.45, 7) is 5.48. The van der Waals surface area contributed by atoms with Crippen LogP contribution >= 0.6 is 0 Å². The van der Waals surface area contributed by atoms with Crippen LogP contribution in [0.1, 0.15) is 42.1 Å². The summed E-state index contributed by atoms with van der Waals surface area (Å²) in [6.07, 6.45) is 4.17. The van der Waals surface area contributed by atoms with E-state index in [1.165, 1.54) is 22.6 Å². The Kier molecular flexibility index (Phi) is 7.50. The quantitative estimate of drug-likeness (QED) is 0.707. The zero-order valence-corrected chi connectivity index (χ0v) is 18.7. The minimum Gasteiger partial charge on any atom is -0.336 e. The molecule has 1 atom stereocenters. The number of nitrogens with zero attached hydrogens (tertiary/aromatic N) is 1. The first-order chi connectivity index (χ1) is 14.4. The van der Waals surface area contributed by atoms with Crippen LogP contribution < -0.4 is 9.62 Å².